The number of ether oxygens (including phenoxy) is 2. The van der Waals surface area contributed by atoms with Crippen molar-refractivity contribution < 1.29 is 24.2 Å². The minimum Gasteiger partial charge on any atom is -0.462 e. The zero-order valence-corrected chi connectivity index (χ0v) is 18.7. The number of carbonyl (C=O) groups is 2. The molecule has 2 saturated carbocycles. The molecule has 2 bridgehead atoms. The van der Waals surface area contributed by atoms with E-state index in [1.807, 2.05) is 6.92 Å². The van der Waals surface area contributed by atoms with Crippen molar-refractivity contribution in [3.63, 3.8) is 0 Å². The summed E-state index contributed by atoms with van der Waals surface area (Å²) in [6.07, 6.45) is 6.67. The van der Waals surface area contributed by atoms with Gasteiger partial charge in [0.25, 0.3) is 0 Å². The number of carbonyl (C=O) groups excluding carboxylic acids is 2. The van der Waals surface area contributed by atoms with E-state index in [0.29, 0.717) is 38.7 Å². The summed E-state index contributed by atoms with van der Waals surface area (Å²) in [5.74, 6) is 6.14. The molecule has 0 radical (unpaired) electrons. The van der Waals surface area contributed by atoms with Crippen LogP contribution in [0.1, 0.15) is 79.1 Å². The van der Waals surface area contributed by atoms with E-state index in [1.165, 1.54) is 0 Å². The number of cyclic esters (lactones) is 1. The molecule has 0 aromatic rings. The third kappa shape index (κ3) is 3.19. The van der Waals surface area contributed by atoms with Crippen LogP contribution in [0, 0.1) is 34.0 Å². The molecule has 2 fully saturated rings. The highest BCUT2D eigenvalue weighted by Gasteiger charge is 2.69. The van der Waals surface area contributed by atoms with Crippen LogP contribution in [0.4, 0.5) is 0 Å². The normalized spacial score (nSPS) is 42.4. The molecule has 0 aromatic heterocycles. The Hall–Kier alpha value is -1.80. The van der Waals surface area contributed by atoms with Crippen LogP contribution < -0.4 is 0 Å². The Morgan fingerprint density at radius 1 is 1.20 bits per heavy atom. The number of fused-ring (bicyclic) bond motifs is 4. The maximum absolute atomic E-state index is 12.5. The first-order valence-corrected chi connectivity index (χ1v) is 11.3. The molecule has 2 aliphatic heterocycles. The van der Waals surface area contributed by atoms with Crippen LogP contribution in [-0.4, -0.2) is 35.4 Å². The monoisotopic (exact) mass is 414 g/mol. The molecule has 5 heteroatoms. The second kappa shape index (κ2) is 7.12. The van der Waals surface area contributed by atoms with Crippen molar-refractivity contribution in [1.82, 2.24) is 0 Å². The van der Waals surface area contributed by atoms with Crippen molar-refractivity contribution in [2.75, 3.05) is 6.61 Å². The Labute approximate surface area is 179 Å². The third-order valence-corrected chi connectivity index (χ3v) is 8.52. The van der Waals surface area contributed by atoms with E-state index in [-0.39, 0.29) is 29.4 Å². The lowest BCUT2D eigenvalue weighted by molar-refractivity contribution is -0.266. The van der Waals surface area contributed by atoms with Gasteiger partial charge in [0.15, 0.2) is 0 Å². The van der Waals surface area contributed by atoms with Crippen LogP contribution >= 0.6 is 0 Å². The van der Waals surface area contributed by atoms with E-state index in [2.05, 4.69) is 32.6 Å². The molecule has 2 aliphatic carbocycles. The molecule has 4 rings (SSSR count). The quantitative estimate of drug-likeness (QED) is 0.560. The molecule has 0 saturated heterocycles. The lowest BCUT2D eigenvalue weighted by atomic mass is 9.40. The summed E-state index contributed by atoms with van der Waals surface area (Å²) >= 11 is 0. The van der Waals surface area contributed by atoms with Gasteiger partial charge in [-0.2, -0.15) is 0 Å². The van der Waals surface area contributed by atoms with E-state index in [0.717, 1.165) is 24.8 Å². The maximum Gasteiger partial charge on any atom is 0.331 e. The van der Waals surface area contributed by atoms with Gasteiger partial charge in [-0.3, -0.25) is 4.79 Å². The number of rotatable bonds is 3. The highest BCUT2D eigenvalue weighted by Crippen LogP contribution is 2.67. The third-order valence-electron chi connectivity index (χ3n) is 8.52. The van der Waals surface area contributed by atoms with Crippen LogP contribution in [-0.2, 0) is 19.1 Å². The van der Waals surface area contributed by atoms with Crippen molar-refractivity contribution in [2.45, 2.75) is 90.8 Å². The minimum atomic E-state index is -1.06. The molecule has 0 unspecified atom stereocenters. The average Bonchev–Trinajstić information content (AvgIpc) is 3.08. The van der Waals surface area contributed by atoms with Gasteiger partial charge >= 0.3 is 11.9 Å². The second-order valence-electron chi connectivity index (χ2n) is 10.9. The van der Waals surface area contributed by atoms with Gasteiger partial charge in [-0.15, -0.1) is 5.92 Å². The number of aliphatic hydroxyl groups is 1. The minimum absolute atomic E-state index is 0.0520. The number of hydrogen-bond donors (Lipinski definition) is 1. The number of hydrogen-bond acceptors (Lipinski definition) is 5. The predicted octanol–water partition coefficient (Wildman–Crippen LogP) is 3.93. The molecule has 5 nitrogen and oxygen atoms in total. The van der Waals surface area contributed by atoms with Crippen molar-refractivity contribution in [1.29, 1.82) is 0 Å². The van der Waals surface area contributed by atoms with Gasteiger partial charge in [0.2, 0.25) is 0 Å². The van der Waals surface area contributed by atoms with Crippen molar-refractivity contribution >= 4 is 11.9 Å². The van der Waals surface area contributed by atoms with Gasteiger partial charge in [0, 0.05) is 30.3 Å². The zero-order valence-electron chi connectivity index (χ0n) is 18.7. The molecular weight excluding hydrogens is 380 g/mol. The van der Waals surface area contributed by atoms with Crippen LogP contribution in [0.2, 0.25) is 0 Å². The maximum atomic E-state index is 12.5. The fourth-order valence-corrected chi connectivity index (χ4v) is 7.16. The van der Waals surface area contributed by atoms with Crippen LogP contribution in [0.5, 0.6) is 0 Å². The first kappa shape index (κ1) is 21.4. The summed E-state index contributed by atoms with van der Waals surface area (Å²) < 4.78 is 11.1. The van der Waals surface area contributed by atoms with E-state index in [4.69, 9.17) is 9.47 Å². The standard InChI is InChI=1S/C25H34O5/c1-22(2)10-7-12-24(4)21(22)18-15-23(3,11-6-5-8-19(26)30-18)25(24,28)13-9-17-14-20(27)29-16-17/h14,18,21,28H,5,7-10,12-13,15-16H2,1-4H3/t18-,21+,23+,24+,25-/m1/s1. The van der Waals surface area contributed by atoms with Gasteiger partial charge in [-0.1, -0.05) is 33.1 Å². The van der Waals surface area contributed by atoms with E-state index in [1.54, 1.807) is 6.08 Å². The summed E-state index contributed by atoms with van der Waals surface area (Å²) in [6, 6.07) is 0. The Kier molecular flexibility index (Phi) is 5.09. The lowest BCUT2D eigenvalue weighted by Gasteiger charge is -2.67. The summed E-state index contributed by atoms with van der Waals surface area (Å²) in [7, 11) is 0. The molecule has 0 amide bonds. The van der Waals surface area contributed by atoms with E-state index < -0.39 is 16.4 Å². The SMILES string of the molecule is CC1(C)CCC[C@@]2(C)[C@H]1[C@H]1C[C@](C)(C#CCCC(=O)O1)[C@]2(O)CCC1=CC(=O)OC1. The van der Waals surface area contributed by atoms with Crippen LogP contribution in [0.25, 0.3) is 0 Å². The Morgan fingerprint density at radius 2 is 1.97 bits per heavy atom. The average molecular weight is 415 g/mol. The van der Waals surface area contributed by atoms with Crippen molar-refractivity contribution in [3.8, 4) is 11.8 Å². The van der Waals surface area contributed by atoms with E-state index >= 15 is 0 Å². The van der Waals surface area contributed by atoms with Crippen LogP contribution in [0.3, 0.4) is 0 Å². The first-order chi connectivity index (χ1) is 14.0. The van der Waals surface area contributed by atoms with Crippen molar-refractivity contribution in [3.05, 3.63) is 11.6 Å². The van der Waals surface area contributed by atoms with Gasteiger partial charge < -0.3 is 14.6 Å². The fraction of sp³-hybridized carbons (Fsp3) is 0.760. The van der Waals surface area contributed by atoms with Gasteiger partial charge in [0.05, 0.1) is 17.4 Å². The predicted molar refractivity (Wildman–Crippen MR) is 112 cm³/mol. The fourth-order valence-electron chi connectivity index (χ4n) is 7.16. The summed E-state index contributed by atoms with van der Waals surface area (Å²) in [5.41, 5.74) is -1.33. The van der Waals surface area contributed by atoms with Crippen molar-refractivity contribution in [2.24, 2.45) is 22.2 Å². The zero-order chi connectivity index (χ0) is 21.8. The second-order valence-corrected chi connectivity index (χ2v) is 10.9. The molecule has 164 valence electrons. The summed E-state index contributed by atoms with van der Waals surface area (Å²) in [5, 5.41) is 12.5. The van der Waals surface area contributed by atoms with E-state index in [9.17, 15) is 14.7 Å². The summed E-state index contributed by atoms with van der Waals surface area (Å²) in [6.45, 7) is 9.02. The van der Waals surface area contributed by atoms with Gasteiger partial charge in [-0.05, 0) is 43.6 Å². The molecule has 0 spiro atoms. The highest BCUT2D eigenvalue weighted by atomic mass is 16.5. The molecule has 4 aliphatic rings. The Morgan fingerprint density at radius 3 is 2.67 bits per heavy atom. The Balaban J connectivity index is 1.80. The largest absolute Gasteiger partial charge is 0.462 e. The Bertz CT molecular complexity index is 845. The topological polar surface area (TPSA) is 72.8 Å². The first-order valence-electron chi connectivity index (χ1n) is 11.3. The van der Waals surface area contributed by atoms with Gasteiger partial charge in [0.1, 0.15) is 12.7 Å². The molecule has 2 heterocycles. The molecule has 5 atom stereocenters. The molecule has 30 heavy (non-hydrogen) atoms. The molecular formula is C25H34O5. The molecule has 1 N–H and O–H groups in total. The van der Waals surface area contributed by atoms with Gasteiger partial charge in [-0.25, -0.2) is 4.79 Å². The summed E-state index contributed by atoms with van der Waals surface area (Å²) in [4.78, 5) is 24.0. The molecule has 0 aromatic carbocycles. The highest BCUT2D eigenvalue weighted by molar-refractivity contribution is 5.85. The smallest absolute Gasteiger partial charge is 0.331 e. The number of esters is 2. The lowest BCUT2D eigenvalue weighted by Crippen LogP contribution is -2.70. The van der Waals surface area contributed by atoms with Crippen LogP contribution in [0.15, 0.2) is 11.6 Å².